The van der Waals surface area contributed by atoms with E-state index >= 15 is 0 Å². The smallest absolute Gasteiger partial charge is 0.243 e. The third-order valence-corrected chi connectivity index (χ3v) is 6.04. The minimum absolute atomic E-state index is 0.138. The molecule has 5 nitrogen and oxygen atoms in total. The van der Waals surface area contributed by atoms with Gasteiger partial charge in [-0.3, -0.25) is 19.3 Å². The average molecular weight is 375 g/mol. The zero-order valence-corrected chi connectivity index (χ0v) is 16.0. The molecule has 3 atom stereocenters. The first kappa shape index (κ1) is 19.0. The molecule has 1 N–H and O–H groups in total. The fourth-order valence-electron chi connectivity index (χ4n) is 4.00. The molecular weight excluding hydrogens is 348 g/mol. The van der Waals surface area contributed by atoms with Gasteiger partial charge in [0.25, 0.3) is 0 Å². The van der Waals surface area contributed by atoms with Crippen molar-refractivity contribution >= 4 is 29.5 Å². The van der Waals surface area contributed by atoms with Gasteiger partial charge in [0.15, 0.2) is 0 Å². The molecule has 3 rings (SSSR count). The molecule has 0 spiro atoms. The van der Waals surface area contributed by atoms with Gasteiger partial charge in [0, 0.05) is 6.54 Å². The van der Waals surface area contributed by atoms with Gasteiger partial charge in [-0.1, -0.05) is 43.2 Å². The Bertz CT molecular complexity index is 640. The van der Waals surface area contributed by atoms with Crippen molar-refractivity contribution in [3.8, 4) is 0 Å². The lowest BCUT2D eigenvalue weighted by molar-refractivity contribution is -0.148. The first-order chi connectivity index (χ1) is 12.6. The average Bonchev–Trinajstić information content (AvgIpc) is 2.93. The van der Waals surface area contributed by atoms with Crippen LogP contribution < -0.4 is 5.32 Å². The summed E-state index contributed by atoms with van der Waals surface area (Å²) in [7, 11) is 0. The van der Waals surface area contributed by atoms with Crippen molar-refractivity contribution in [3.05, 3.63) is 35.9 Å². The highest BCUT2D eigenvalue weighted by atomic mass is 32.2. The van der Waals surface area contributed by atoms with Crippen LogP contribution in [0.25, 0.3) is 0 Å². The SMILES string of the molecule is CSCC[C@H](C(=O)NCc1ccccc1)N1C(=O)[C@H]2CCCC[C@@H]2C1=O. The lowest BCUT2D eigenvalue weighted by Crippen LogP contribution is -2.50. The third-order valence-electron chi connectivity index (χ3n) is 5.39. The lowest BCUT2D eigenvalue weighted by Gasteiger charge is -2.26. The van der Waals surface area contributed by atoms with E-state index in [1.807, 2.05) is 36.6 Å². The number of hydrogen-bond donors (Lipinski definition) is 1. The van der Waals surface area contributed by atoms with Crippen LogP contribution in [0, 0.1) is 11.8 Å². The van der Waals surface area contributed by atoms with Gasteiger partial charge in [-0.2, -0.15) is 11.8 Å². The highest BCUT2D eigenvalue weighted by Gasteiger charge is 2.51. The molecular formula is C20H26N2O3S. The number of fused-ring (bicyclic) bond motifs is 1. The molecule has 1 aliphatic carbocycles. The van der Waals surface area contributed by atoms with E-state index in [0.29, 0.717) is 13.0 Å². The van der Waals surface area contributed by atoms with Crippen LogP contribution in [0.2, 0.25) is 0 Å². The Morgan fingerprint density at radius 2 is 1.77 bits per heavy atom. The molecule has 1 aromatic carbocycles. The Morgan fingerprint density at radius 3 is 2.35 bits per heavy atom. The van der Waals surface area contributed by atoms with E-state index in [1.165, 1.54) is 4.90 Å². The van der Waals surface area contributed by atoms with Gasteiger partial charge in [0.05, 0.1) is 11.8 Å². The summed E-state index contributed by atoms with van der Waals surface area (Å²) in [5, 5.41) is 2.91. The molecule has 2 aliphatic rings. The van der Waals surface area contributed by atoms with Gasteiger partial charge in [-0.05, 0) is 36.8 Å². The summed E-state index contributed by atoms with van der Waals surface area (Å²) in [4.78, 5) is 39.8. The number of rotatable bonds is 7. The molecule has 0 unspecified atom stereocenters. The first-order valence-electron chi connectivity index (χ1n) is 9.31. The van der Waals surface area contributed by atoms with Crippen LogP contribution >= 0.6 is 11.8 Å². The van der Waals surface area contributed by atoms with E-state index in [9.17, 15) is 14.4 Å². The van der Waals surface area contributed by atoms with Gasteiger partial charge in [-0.15, -0.1) is 0 Å². The predicted molar refractivity (Wildman–Crippen MR) is 102 cm³/mol. The first-order valence-corrected chi connectivity index (χ1v) is 10.7. The molecule has 140 valence electrons. The number of hydrogen-bond acceptors (Lipinski definition) is 4. The summed E-state index contributed by atoms with van der Waals surface area (Å²) in [5.41, 5.74) is 0.997. The van der Waals surface area contributed by atoms with Crippen molar-refractivity contribution in [2.75, 3.05) is 12.0 Å². The number of nitrogens with one attached hydrogen (secondary N) is 1. The zero-order valence-electron chi connectivity index (χ0n) is 15.1. The molecule has 0 aromatic heterocycles. The molecule has 1 heterocycles. The number of carbonyl (C=O) groups is 3. The van der Waals surface area contributed by atoms with E-state index in [2.05, 4.69) is 5.32 Å². The zero-order chi connectivity index (χ0) is 18.5. The third kappa shape index (κ3) is 3.95. The Labute approximate surface area is 158 Å². The van der Waals surface area contributed by atoms with Crippen molar-refractivity contribution in [2.24, 2.45) is 11.8 Å². The lowest BCUT2D eigenvalue weighted by atomic mass is 9.81. The van der Waals surface area contributed by atoms with Crippen LogP contribution in [0.1, 0.15) is 37.7 Å². The topological polar surface area (TPSA) is 66.5 Å². The Kier molecular flexibility index (Phi) is 6.35. The second-order valence-corrected chi connectivity index (χ2v) is 8.03. The summed E-state index contributed by atoms with van der Waals surface area (Å²) >= 11 is 1.62. The van der Waals surface area contributed by atoms with Crippen molar-refractivity contribution in [1.82, 2.24) is 10.2 Å². The van der Waals surface area contributed by atoms with E-state index in [1.54, 1.807) is 11.8 Å². The minimum atomic E-state index is -0.697. The summed E-state index contributed by atoms with van der Waals surface area (Å²) in [5.74, 6) is -0.204. The maximum atomic E-state index is 12.9. The summed E-state index contributed by atoms with van der Waals surface area (Å²) in [6, 6.07) is 8.96. The van der Waals surface area contributed by atoms with Crippen LogP contribution in [-0.2, 0) is 20.9 Å². The molecule has 3 amide bonds. The van der Waals surface area contributed by atoms with Crippen molar-refractivity contribution in [3.63, 3.8) is 0 Å². The van der Waals surface area contributed by atoms with Crippen LogP contribution in [-0.4, -0.2) is 40.7 Å². The second kappa shape index (κ2) is 8.71. The van der Waals surface area contributed by atoms with Crippen LogP contribution in [0.15, 0.2) is 30.3 Å². The van der Waals surface area contributed by atoms with E-state index in [4.69, 9.17) is 0 Å². The standard InChI is InChI=1S/C20H26N2O3S/c1-26-12-11-17(18(23)21-13-14-7-3-2-4-8-14)22-19(24)15-9-5-6-10-16(15)20(22)25/h2-4,7-8,15-17H,5-6,9-13H2,1H3,(H,21,23)/t15-,16-,17+/m0/s1. The van der Waals surface area contributed by atoms with Gasteiger partial charge < -0.3 is 5.32 Å². The molecule has 1 aliphatic heterocycles. The van der Waals surface area contributed by atoms with Crippen molar-refractivity contribution < 1.29 is 14.4 Å². The largest absolute Gasteiger partial charge is 0.350 e. The molecule has 0 radical (unpaired) electrons. The molecule has 1 saturated carbocycles. The summed E-state index contributed by atoms with van der Waals surface area (Å²) in [6.07, 6.45) is 5.98. The van der Waals surface area contributed by atoms with E-state index < -0.39 is 6.04 Å². The van der Waals surface area contributed by atoms with Crippen LogP contribution in [0.4, 0.5) is 0 Å². The predicted octanol–water partition coefficient (Wildman–Crippen LogP) is 2.60. The maximum absolute atomic E-state index is 12.9. The normalized spacial score (nSPS) is 23.7. The summed E-state index contributed by atoms with van der Waals surface area (Å²) < 4.78 is 0. The number of thioether (sulfide) groups is 1. The number of imide groups is 1. The van der Waals surface area contributed by atoms with Crippen LogP contribution in [0.3, 0.4) is 0 Å². The van der Waals surface area contributed by atoms with Crippen LogP contribution in [0.5, 0.6) is 0 Å². The summed E-state index contributed by atoms with van der Waals surface area (Å²) in [6.45, 7) is 0.401. The molecule has 1 saturated heterocycles. The Balaban J connectivity index is 1.73. The molecule has 0 bridgehead atoms. The van der Waals surface area contributed by atoms with E-state index in [-0.39, 0.29) is 29.6 Å². The molecule has 26 heavy (non-hydrogen) atoms. The highest BCUT2D eigenvalue weighted by molar-refractivity contribution is 7.98. The minimum Gasteiger partial charge on any atom is -0.350 e. The number of nitrogens with zero attached hydrogens (tertiary/aromatic N) is 1. The van der Waals surface area contributed by atoms with Crippen molar-refractivity contribution in [1.29, 1.82) is 0 Å². The molecule has 1 aromatic rings. The van der Waals surface area contributed by atoms with Gasteiger partial charge >= 0.3 is 0 Å². The van der Waals surface area contributed by atoms with Crippen molar-refractivity contribution in [2.45, 2.75) is 44.7 Å². The monoisotopic (exact) mass is 374 g/mol. The number of amides is 3. The highest BCUT2D eigenvalue weighted by Crippen LogP contribution is 2.39. The number of carbonyl (C=O) groups excluding carboxylic acids is 3. The number of benzene rings is 1. The second-order valence-electron chi connectivity index (χ2n) is 7.04. The maximum Gasteiger partial charge on any atom is 0.243 e. The quantitative estimate of drug-likeness (QED) is 0.745. The van der Waals surface area contributed by atoms with Gasteiger partial charge in [-0.25, -0.2) is 0 Å². The fraction of sp³-hybridized carbons (Fsp3) is 0.550. The fourth-order valence-corrected chi connectivity index (χ4v) is 4.46. The molecule has 2 fully saturated rings. The molecule has 6 heteroatoms. The number of likely N-dealkylation sites (tertiary alicyclic amines) is 1. The van der Waals surface area contributed by atoms with E-state index in [0.717, 1.165) is 37.0 Å². The Morgan fingerprint density at radius 1 is 1.15 bits per heavy atom. The van der Waals surface area contributed by atoms with Gasteiger partial charge in [0.1, 0.15) is 6.04 Å². The Hall–Kier alpha value is -1.82. The van der Waals surface area contributed by atoms with Gasteiger partial charge in [0.2, 0.25) is 17.7 Å².